The molecular weight excluding hydrogens is 663 g/mol. The smallest absolute Gasteiger partial charge is 0.341 e. The molecule has 2 aromatic heterocycles. The van der Waals surface area contributed by atoms with Crippen LogP contribution in [0, 0.1) is 0 Å². The van der Waals surface area contributed by atoms with Crippen LogP contribution >= 0.6 is 23.1 Å². The van der Waals surface area contributed by atoms with Gasteiger partial charge in [0.25, 0.3) is 11.8 Å². The summed E-state index contributed by atoms with van der Waals surface area (Å²) in [5.41, 5.74) is 2.65. The van der Waals surface area contributed by atoms with Crippen molar-refractivity contribution >= 4 is 69.5 Å². The van der Waals surface area contributed by atoms with E-state index in [0.29, 0.717) is 51.8 Å². The first-order chi connectivity index (χ1) is 23.6. The Morgan fingerprint density at radius 2 is 1.84 bits per heavy atom. The summed E-state index contributed by atoms with van der Waals surface area (Å²) in [5.74, 6) is -1.87. The third kappa shape index (κ3) is 9.00. The number of rotatable bonds is 11. The molecule has 2 aromatic carbocycles. The number of benzene rings is 2. The topological polar surface area (TPSA) is 147 Å². The van der Waals surface area contributed by atoms with Gasteiger partial charge in [0.05, 0.1) is 24.0 Å². The number of amides is 4. The molecule has 4 amide bonds. The van der Waals surface area contributed by atoms with E-state index in [1.54, 1.807) is 97.9 Å². The van der Waals surface area contributed by atoms with Crippen LogP contribution in [0.25, 0.3) is 6.08 Å². The van der Waals surface area contributed by atoms with E-state index in [4.69, 9.17) is 4.74 Å². The zero-order valence-electron chi connectivity index (χ0n) is 27.1. The molecule has 11 nitrogen and oxygen atoms in total. The first-order valence-electron chi connectivity index (χ1n) is 15.6. The third-order valence-corrected chi connectivity index (χ3v) is 9.74. The van der Waals surface area contributed by atoms with E-state index in [2.05, 4.69) is 20.9 Å². The number of fused-ring (bicyclic) bond motifs is 1. The summed E-state index contributed by atoms with van der Waals surface area (Å²) >= 11 is 2.56. The van der Waals surface area contributed by atoms with Crippen molar-refractivity contribution in [2.24, 2.45) is 0 Å². The summed E-state index contributed by atoms with van der Waals surface area (Å²) in [6, 6.07) is 19.1. The quantitative estimate of drug-likeness (QED) is 0.102. The second-order valence-corrected chi connectivity index (χ2v) is 13.5. The van der Waals surface area contributed by atoms with E-state index in [1.165, 1.54) is 30.0 Å². The number of anilines is 2. The molecule has 3 N–H and O–H groups in total. The molecule has 4 aromatic rings. The van der Waals surface area contributed by atoms with Crippen LogP contribution < -0.4 is 16.0 Å². The fourth-order valence-electron chi connectivity index (χ4n) is 5.07. The fourth-order valence-corrected chi connectivity index (χ4v) is 7.25. The molecule has 3 heterocycles. The molecule has 0 radical (unpaired) electrons. The van der Waals surface area contributed by atoms with Crippen LogP contribution in [0.3, 0.4) is 0 Å². The van der Waals surface area contributed by atoms with Gasteiger partial charge in [-0.25, -0.2) is 4.79 Å². The molecule has 0 aliphatic carbocycles. The lowest BCUT2D eigenvalue weighted by Crippen LogP contribution is -2.34. The molecule has 0 saturated carbocycles. The van der Waals surface area contributed by atoms with E-state index in [9.17, 15) is 24.0 Å². The van der Waals surface area contributed by atoms with Gasteiger partial charge in [-0.2, -0.15) is 0 Å². The van der Waals surface area contributed by atoms with Crippen LogP contribution in [0.2, 0.25) is 0 Å². The van der Waals surface area contributed by atoms with Crippen molar-refractivity contribution in [3.63, 3.8) is 0 Å². The van der Waals surface area contributed by atoms with E-state index in [1.807, 2.05) is 6.07 Å². The number of pyridine rings is 1. The lowest BCUT2D eigenvalue weighted by atomic mass is 10.0. The summed E-state index contributed by atoms with van der Waals surface area (Å²) in [6.45, 7) is 6.02. The highest BCUT2D eigenvalue weighted by Gasteiger charge is 2.31. The lowest BCUT2D eigenvalue weighted by molar-refractivity contribution is -0.129. The molecule has 1 unspecified atom stereocenters. The van der Waals surface area contributed by atoms with Gasteiger partial charge in [-0.3, -0.25) is 24.2 Å². The van der Waals surface area contributed by atoms with Crippen molar-refractivity contribution in [2.45, 2.75) is 43.9 Å². The van der Waals surface area contributed by atoms with Gasteiger partial charge in [0.1, 0.15) is 10.7 Å². The highest BCUT2D eigenvalue weighted by Crippen LogP contribution is 2.38. The van der Waals surface area contributed by atoms with Crippen LogP contribution in [0.4, 0.5) is 10.7 Å². The van der Waals surface area contributed by atoms with Crippen molar-refractivity contribution in [3.8, 4) is 0 Å². The van der Waals surface area contributed by atoms with Gasteiger partial charge in [0.2, 0.25) is 11.8 Å². The van der Waals surface area contributed by atoms with Crippen LogP contribution in [0.15, 0.2) is 89.7 Å². The minimum atomic E-state index is -0.583. The lowest BCUT2D eigenvalue weighted by Gasteiger charge is -2.25. The van der Waals surface area contributed by atoms with Gasteiger partial charge in [0, 0.05) is 46.9 Å². The molecule has 13 heteroatoms. The molecule has 0 bridgehead atoms. The fraction of sp³-hybridized carbons (Fsp3) is 0.222. The van der Waals surface area contributed by atoms with E-state index >= 15 is 0 Å². The largest absolute Gasteiger partial charge is 0.462 e. The minimum Gasteiger partial charge on any atom is -0.462 e. The highest BCUT2D eigenvalue weighted by atomic mass is 32.2. The van der Waals surface area contributed by atoms with Gasteiger partial charge in [-0.05, 0) is 73.9 Å². The number of nitrogens with zero attached hydrogens (tertiary/aromatic N) is 2. The standard InChI is InChI=1S/C36H35N5O6S2/c1-4-47-36(46)31-28-15-17-41(23(3)42)21-30(28)49-35(31)40-32(43)22(2)48-27-14-8-13-26(19-27)38-34(45)29(18-24-10-9-16-37-20-24)39-33(44)25-11-6-5-7-12-25/h5-14,16,18-20,22H,4,15,17,21H2,1-3H3,(H,38,45)(H,39,44)(H,40,43)/b29-18-. The number of thioether (sulfide) groups is 1. The Labute approximate surface area is 292 Å². The summed E-state index contributed by atoms with van der Waals surface area (Å²) < 4.78 is 5.31. The molecule has 1 atom stereocenters. The minimum absolute atomic E-state index is 0.0233. The van der Waals surface area contributed by atoms with Crippen LogP contribution in [0.1, 0.15) is 57.5 Å². The monoisotopic (exact) mass is 697 g/mol. The maximum absolute atomic E-state index is 13.5. The first kappa shape index (κ1) is 35.0. The van der Waals surface area contributed by atoms with Crippen molar-refractivity contribution in [1.82, 2.24) is 15.2 Å². The van der Waals surface area contributed by atoms with Gasteiger partial charge in [-0.15, -0.1) is 23.1 Å². The predicted molar refractivity (Wildman–Crippen MR) is 190 cm³/mol. The normalized spacial score (nSPS) is 13.1. The number of hydrogen-bond acceptors (Lipinski definition) is 9. The highest BCUT2D eigenvalue weighted by molar-refractivity contribution is 8.00. The number of carbonyl (C=O) groups excluding carboxylic acids is 5. The molecule has 0 saturated heterocycles. The summed E-state index contributed by atoms with van der Waals surface area (Å²) in [7, 11) is 0. The van der Waals surface area contributed by atoms with Gasteiger partial charge < -0.3 is 25.6 Å². The molecule has 0 spiro atoms. The van der Waals surface area contributed by atoms with Crippen molar-refractivity contribution < 1.29 is 28.7 Å². The Hall–Kier alpha value is -5.27. The van der Waals surface area contributed by atoms with Gasteiger partial charge >= 0.3 is 5.97 Å². The Morgan fingerprint density at radius 1 is 1.04 bits per heavy atom. The summed E-state index contributed by atoms with van der Waals surface area (Å²) in [4.78, 5) is 72.1. The second-order valence-electron chi connectivity index (χ2n) is 11.0. The number of carbonyl (C=O) groups is 5. The van der Waals surface area contributed by atoms with Crippen molar-refractivity contribution in [1.29, 1.82) is 0 Å². The summed E-state index contributed by atoms with van der Waals surface area (Å²) in [6.07, 6.45) is 5.22. The number of ether oxygens (including phenoxy) is 1. The average Bonchev–Trinajstić information content (AvgIpc) is 3.46. The number of esters is 1. The Kier molecular flexibility index (Phi) is 11.6. The molecule has 252 valence electrons. The Balaban J connectivity index is 1.29. The zero-order valence-corrected chi connectivity index (χ0v) is 28.8. The van der Waals surface area contributed by atoms with Crippen LogP contribution in [-0.2, 0) is 32.1 Å². The maximum Gasteiger partial charge on any atom is 0.341 e. The second kappa shape index (κ2) is 16.2. The Bertz CT molecular complexity index is 1890. The molecule has 0 fully saturated rings. The molecule has 49 heavy (non-hydrogen) atoms. The molecular formula is C36H35N5O6S2. The van der Waals surface area contributed by atoms with E-state index in [-0.39, 0.29) is 24.1 Å². The average molecular weight is 698 g/mol. The summed E-state index contributed by atoms with van der Waals surface area (Å²) in [5, 5.41) is 8.28. The number of nitrogens with one attached hydrogen (secondary N) is 3. The Morgan fingerprint density at radius 3 is 2.55 bits per heavy atom. The number of hydrogen-bond donors (Lipinski definition) is 3. The van der Waals surface area contributed by atoms with E-state index in [0.717, 1.165) is 10.4 Å². The first-order valence-corrected chi connectivity index (χ1v) is 17.3. The van der Waals surface area contributed by atoms with Crippen molar-refractivity contribution in [2.75, 3.05) is 23.8 Å². The van der Waals surface area contributed by atoms with Gasteiger partial charge in [0.15, 0.2) is 0 Å². The predicted octanol–water partition coefficient (Wildman–Crippen LogP) is 5.75. The number of aromatic nitrogens is 1. The SMILES string of the molecule is CCOC(=O)c1c(NC(=O)C(C)Sc2cccc(NC(=O)/C(=C/c3cccnc3)NC(=O)c3ccccc3)c2)sc2c1CCN(C(C)=O)C2. The third-order valence-electron chi connectivity index (χ3n) is 7.52. The molecule has 1 aliphatic rings. The molecule has 5 rings (SSSR count). The van der Waals surface area contributed by atoms with Crippen LogP contribution in [-0.4, -0.2) is 57.9 Å². The zero-order chi connectivity index (χ0) is 34.9. The van der Waals surface area contributed by atoms with Crippen molar-refractivity contribution in [3.05, 3.63) is 112 Å². The van der Waals surface area contributed by atoms with Gasteiger partial charge in [-0.1, -0.05) is 30.3 Å². The number of thiophene rings is 1. The maximum atomic E-state index is 13.5. The van der Waals surface area contributed by atoms with Crippen LogP contribution in [0.5, 0.6) is 0 Å². The van der Waals surface area contributed by atoms with E-state index < -0.39 is 23.0 Å². The molecule has 1 aliphatic heterocycles.